The van der Waals surface area contributed by atoms with E-state index in [0.29, 0.717) is 11.3 Å². The fourth-order valence-corrected chi connectivity index (χ4v) is 3.51. The van der Waals surface area contributed by atoms with Gasteiger partial charge in [0.05, 0.1) is 12.1 Å². The molecule has 2 aromatic heterocycles. The molecule has 1 amide bonds. The molecule has 26 heavy (non-hydrogen) atoms. The molecule has 0 spiro atoms. The Kier molecular flexibility index (Phi) is 4.45. The van der Waals surface area contributed by atoms with Crippen LogP contribution in [0.1, 0.15) is 5.69 Å². The maximum Gasteiger partial charge on any atom is 0.230 e. The third kappa shape index (κ3) is 3.34. The van der Waals surface area contributed by atoms with Crippen LogP contribution in [0.25, 0.3) is 11.0 Å². The first-order chi connectivity index (χ1) is 12.7. The van der Waals surface area contributed by atoms with Crippen LogP contribution in [0.2, 0.25) is 0 Å². The molecule has 2 aromatic carbocycles. The van der Waals surface area contributed by atoms with E-state index in [9.17, 15) is 4.79 Å². The van der Waals surface area contributed by atoms with E-state index in [0.717, 1.165) is 21.1 Å². The summed E-state index contributed by atoms with van der Waals surface area (Å²) in [6.07, 6.45) is 3.79. The van der Waals surface area contributed by atoms with E-state index in [1.807, 2.05) is 66.3 Å². The molecule has 0 atom stereocenters. The Bertz CT molecular complexity index is 1070. The summed E-state index contributed by atoms with van der Waals surface area (Å²) in [4.78, 5) is 17.8. The van der Waals surface area contributed by atoms with Crippen molar-refractivity contribution in [2.75, 3.05) is 5.32 Å². The second-order valence-electron chi connectivity index (χ2n) is 5.77. The van der Waals surface area contributed by atoms with Crippen LogP contribution in [-0.4, -0.2) is 20.6 Å². The van der Waals surface area contributed by atoms with Crippen molar-refractivity contribution < 1.29 is 9.32 Å². The Morgan fingerprint density at radius 2 is 2.00 bits per heavy atom. The molecule has 130 valence electrons. The summed E-state index contributed by atoms with van der Waals surface area (Å²) in [6.45, 7) is 0. The molecule has 0 unspecified atom stereocenters. The number of nitrogens with zero attached hydrogens (tertiary/aromatic N) is 3. The molecule has 0 radical (unpaired) electrons. The number of para-hydroxylation sites is 2. The van der Waals surface area contributed by atoms with E-state index < -0.39 is 0 Å². The summed E-state index contributed by atoms with van der Waals surface area (Å²) >= 11 is 1.50. The van der Waals surface area contributed by atoms with E-state index >= 15 is 0 Å². The van der Waals surface area contributed by atoms with Gasteiger partial charge in [0.15, 0.2) is 10.7 Å². The highest BCUT2D eigenvalue weighted by Gasteiger charge is 2.14. The second-order valence-corrected chi connectivity index (χ2v) is 6.78. The zero-order valence-electron chi connectivity index (χ0n) is 14.0. The summed E-state index contributed by atoms with van der Waals surface area (Å²) in [5.41, 5.74) is 2.06. The van der Waals surface area contributed by atoms with Crippen molar-refractivity contribution in [1.29, 1.82) is 0 Å². The number of benzene rings is 2. The molecular formula is C19H16N4O2S. The van der Waals surface area contributed by atoms with Crippen molar-refractivity contribution in [2.24, 2.45) is 7.05 Å². The van der Waals surface area contributed by atoms with Gasteiger partial charge in [-0.1, -0.05) is 29.4 Å². The number of fused-ring (bicyclic) bond motifs is 1. The van der Waals surface area contributed by atoms with Crippen LogP contribution in [0.4, 0.5) is 5.69 Å². The Morgan fingerprint density at radius 1 is 1.19 bits per heavy atom. The molecular weight excluding hydrogens is 348 g/mol. The monoisotopic (exact) mass is 364 g/mol. The summed E-state index contributed by atoms with van der Waals surface area (Å²) < 4.78 is 7.20. The van der Waals surface area contributed by atoms with Crippen LogP contribution in [0.15, 0.2) is 75.5 Å². The summed E-state index contributed by atoms with van der Waals surface area (Å²) in [5, 5.41) is 8.70. The molecule has 2 heterocycles. The lowest BCUT2D eigenvalue weighted by molar-refractivity contribution is -0.115. The normalized spacial score (nSPS) is 11.0. The fraction of sp³-hybridized carbons (Fsp3) is 0.105. The van der Waals surface area contributed by atoms with Gasteiger partial charge >= 0.3 is 0 Å². The number of aryl methyl sites for hydroxylation is 1. The molecule has 6 nitrogen and oxygen atoms in total. The maximum atomic E-state index is 12.5. The third-order valence-electron chi connectivity index (χ3n) is 3.92. The topological polar surface area (TPSA) is 73.0 Å². The average molecular weight is 364 g/mol. The number of hydrogen-bond acceptors (Lipinski definition) is 5. The first-order valence-corrected chi connectivity index (χ1v) is 8.90. The van der Waals surface area contributed by atoms with Crippen LogP contribution in [0.3, 0.4) is 0 Å². The average Bonchev–Trinajstić information content (AvgIpc) is 3.23. The molecule has 0 aliphatic rings. The van der Waals surface area contributed by atoms with E-state index in [2.05, 4.69) is 15.5 Å². The molecule has 7 heteroatoms. The van der Waals surface area contributed by atoms with E-state index in [-0.39, 0.29) is 12.3 Å². The van der Waals surface area contributed by atoms with Gasteiger partial charge in [-0.05, 0) is 36.0 Å². The van der Waals surface area contributed by atoms with Crippen molar-refractivity contribution in [1.82, 2.24) is 14.7 Å². The van der Waals surface area contributed by atoms with Gasteiger partial charge in [0.25, 0.3) is 0 Å². The molecule has 4 aromatic rings. The summed E-state index contributed by atoms with van der Waals surface area (Å²) in [7, 11) is 1.94. The molecule has 0 saturated heterocycles. The van der Waals surface area contributed by atoms with Gasteiger partial charge in [-0.2, -0.15) is 0 Å². The molecule has 0 saturated carbocycles. The lowest BCUT2D eigenvalue weighted by Crippen LogP contribution is -2.15. The Morgan fingerprint density at radius 3 is 2.85 bits per heavy atom. The predicted molar refractivity (Wildman–Crippen MR) is 100 cm³/mol. The predicted octanol–water partition coefficient (Wildman–Crippen LogP) is 3.89. The molecule has 4 rings (SSSR count). The highest BCUT2D eigenvalue weighted by molar-refractivity contribution is 7.99. The lowest BCUT2D eigenvalue weighted by Gasteiger charge is -2.10. The van der Waals surface area contributed by atoms with Crippen LogP contribution in [0.5, 0.6) is 0 Å². The Balaban J connectivity index is 1.52. The third-order valence-corrected chi connectivity index (χ3v) is 5.07. The first-order valence-electron chi connectivity index (χ1n) is 8.08. The number of nitrogens with one attached hydrogen (secondary N) is 1. The second kappa shape index (κ2) is 7.05. The minimum Gasteiger partial charge on any atom is -0.356 e. The van der Waals surface area contributed by atoms with Crippen molar-refractivity contribution >= 4 is 34.3 Å². The van der Waals surface area contributed by atoms with Crippen LogP contribution < -0.4 is 5.32 Å². The quantitative estimate of drug-likeness (QED) is 0.581. The SMILES string of the molecule is Cn1ccnc1Sc1ccccc1NC(=O)Cc1noc2ccccc12. The van der Waals surface area contributed by atoms with Crippen molar-refractivity contribution in [3.05, 3.63) is 66.6 Å². The van der Waals surface area contributed by atoms with Gasteiger partial charge in [-0.25, -0.2) is 4.98 Å². The molecule has 0 aliphatic carbocycles. The highest BCUT2D eigenvalue weighted by atomic mass is 32.2. The van der Waals surface area contributed by atoms with Gasteiger partial charge in [-0.15, -0.1) is 0 Å². The van der Waals surface area contributed by atoms with E-state index in [1.165, 1.54) is 11.8 Å². The molecule has 0 aliphatic heterocycles. The standard InChI is InChI=1S/C19H16N4O2S/c1-23-11-10-20-19(23)26-17-9-5-3-7-14(17)21-18(24)12-15-13-6-2-4-8-16(13)25-22-15/h2-11H,12H2,1H3,(H,21,24). The lowest BCUT2D eigenvalue weighted by atomic mass is 10.1. The van der Waals surface area contributed by atoms with Crippen molar-refractivity contribution in [3.8, 4) is 0 Å². The Hall–Kier alpha value is -3.06. The number of imidazole rings is 1. The Labute approximate surface area is 154 Å². The van der Waals surface area contributed by atoms with Gasteiger partial charge in [0.2, 0.25) is 5.91 Å². The summed E-state index contributed by atoms with van der Waals surface area (Å²) in [6, 6.07) is 15.2. The zero-order chi connectivity index (χ0) is 17.9. The van der Waals surface area contributed by atoms with Crippen molar-refractivity contribution in [3.63, 3.8) is 0 Å². The van der Waals surface area contributed by atoms with Crippen LogP contribution in [-0.2, 0) is 18.3 Å². The number of hydrogen-bond donors (Lipinski definition) is 1. The van der Waals surface area contributed by atoms with Gasteiger partial charge in [0, 0.05) is 29.7 Å². The summed E-state index contributed by atoms with van der Waals surface area (Å²) in [5.74, 6) is -0.142. The van der Waals surface area contributed by atoms with E-state index in [1.54, 1.807) is 6.20 Å². The highest BCUT2D eigenvalue weighted by Crippen LogP contribution is 2.32. The van der Waals surface area contributed by atoms with Gasteiger partial charge < -0.3 is 14.4 Å². The molecule has 1 N–H and O–H groups in total. The van der Waals surface area contributed by atoms with Crippen LogP contribution >= 0.6 is 11.8 Å². The number of anilines is 1. The maximum absolute atomic E-state index is 12.5. The van der Waals surface area contributed by atoms with Crippen molar-refractivity contribution in [2.45, 2.75) is 16.5 Å². The molecule has 0 fully saturated rings. The minimum absolute atomic E-state index is 0.142. The number of amides is 1. The van der Waals surface area contributed by atoms with Gasteiger partial charge in [0.1, 0.15) is 5.69 Å². The zero-order valence-corrected chi connectivity index (χ0v) is 14.9. The largest absolute Gasteiger partial charge is 0.356 e. The van der Waals surface area contributed by atoms with E-state index in [4.69, 9.17) is 4.52 Å². The van der Waals surface area contributed by atoms with Crippen LogP contribution in [0, 0.1) is 0 Å². The number of rotatable bonds is 5. The first kappa shape index (κ1) is 16.4. The van der Waals surface area contributed by atoms with Gasteiger partial charge in [-0.3, -0.25) is 4.79 Å². The smallest absolute Gasteiger partial charge is 0.230 e. The number of carbonyl (C=O) groups excluding carboxylic acids is 1. The minimum atomic E-state index is -0.142. The molecule has 0 bridgehead atoms. The number of aromatic nitrogens is 3. The number of carbonyl (C=O) groups is 1. The fourth-order valence-electron chi connectivity index (χ4n) is 2.62.